The van der Waals surface area contributed by atoms with Crippen LogP contribution in [-0.2, 0) is 6.54 Å². The lowest BCUT2D eigenvalue weighted by Gasteiger charge is -2.23. The van der Waals surface area contributed by atoms with Crippen LogP contribution in [0.25, 0.3) is 0 Å². The van der Waals surface area contributed by atoms with Crippen LogP contribution in [0.15, 0.2) is 54.6 Å². The van der Waals surface area contributed by atoms with Gasteiger partial charge in [0.25, 0.3) is 0 Å². The van der Waals surface area contributed by atoms with E-state index in [9.17, 15) is 0 Å². The molecule has 2 N–H and O–H groups in total. The summed E-state index contributed by atoms with van der Waals surface area (Å²) in [6.07, 6.45) is 0.0615. The van der Waals surface area contributed by atoms with E-state index in [2.05, 4.69) is 47.4 Å². The van der Waals surface area contributed by atoms with Gasteiger partial charge >= 0.3 is 0 Å². The summed E-state index contributed by atoms with van der Waals surface area (Å²) in [5.41, 5.74) is 8.18. The van der Waals surface area contributed by atoms with Gasteiger partial charge in [0.15, 0.2) is 0 Å². The molecule has 0 spiro atoms. The fourth-order valence-corrected chi connectivity index (χ4v) is 2.67. The standard InChI is InChI=1S/C17H20N2O/c18-10-11-19-12-15-8-4-5-9-16(15)20-17(13-19)14-6-2-1-3-7-14/h1-9,17H,10-13,18H2. The lowest BCUT2D eigenvalue weighted by molar-refractivity contribution is 0.150. The van der Waals surface area contributed by atoms with Gasteiger partial charge in [0.05, 0.1) is 0 Å². The lowest BCUT2D eigenvalue weighted by atomic mass is 10.1. The van der Waals surface area contributed by atoms with Crippen molar-refractivity contribution < 1.29 is 4.74 Å². The maximum absolute atomic E-state index is 6.24. The Bertz CT molecular complexity index is 556. The third-order valence-electron chi connectivity index (χ3n) is 3.68. The van der Waals surface area contributed by atoms with Crippen molar-refractivity contribution in [1.82, 2.24) is 4.90 Å². The van der Waals surface area contributed by atoms with Crippen molar-refractivity contribution in [3.05, 3.63) is 65.7 Å². The van der Waals surface area contributed by atoms with E-state index in [1.165, 1.54) is 11.1 Å². The number of nitrogens with zero attached hydrogens (tertiary/aromatic N) is 1. The lowest BCUT2D eigenvalue weighted by Crippen LogP contribution is -2.32. The molecule has 3 rings (SSSR count). The Morgan fingerprint density at radius 2 is 1.80 bits per heavy atom. The highest BCUT2D eigenvalue weighted by molar-refractivity contribution is 5.35. The highest BCUT2D eigenvalue weighted by Gasteiger charge is 2.23. The van der Waals surface area contributed by atoms with Crippen molar-refractivity contribution >= 4 is 0 Å². The third-order valence-corrected chi connectivity index (χ3v) is 3.68. The molecule has 3 heteroatoms. The SMILES string of the molecule is NCCN1Cc2ccccc2OC(c2ccccc2)C1. The second-order valence-corrected chi connectivity index (χ2v) is 5.15. The van der Waals surface area contributed by atoms with Gasteiger partial charge in [-0.3, -0.25) is 4.90 Å². The molecule has 1 heterocycles. The number of benzene rings is 2. The summed E-state index contributed by atoms with van der Waals surface area (Å²) in [5, 5.41) is 0. The Hall–Kier alpha value is -1.84. The fourth-order valence-electron chi connectivity index (χ4n) is 2.67. The first-order valence-corrected chi connectivity index (χ1v) is 7.09. The van der Waals surface area contributed by atoms with Gasteiger partial charge in [-0.2, -0.15) is 0 Å². The number of para-hydroxylation sites is 1. The van der Waals surface area contributed by atoms with Crippen LogP contribution >= 0.6 is 0 Å². The van der Waals surface area contributed by atoms with Crippen LogP contribution in [0.3, 0.4) is 0 Å². The number of hydrogen-bond acceptors (Lipinski definition) is 3. The van der Waals surface area contributed by atoms with Gasteiger partial charge in [-0.1, -0.05) is 48.5 Å². The van der Waals surface area contributed by atoms with Crippen molar-refractivity contribution in [2.75, 3.05) is 19.6 Å². The van der Waals surface area contributed by atoms with Crippen LogP contribution < -0.4 is 10.5 Å². The molecule has 0 amide bonds. The van der Waals surface area contributed by atoms with Gasteiger partial charge in [-0.15, -0.1) is 0 Å². The van der Waals surface area contributed by atoms with Gasteiger partial charge in [-0.25, -0.2) is 0 Å². The van der Waals surface area contributed by atoms with E-state index in [1.54, 1.807) is 0 Å². The smallest absolute Gasteiger partial charge is 0.136 e. The molecule has 0 aromatic heterocycles. The molecule has 3 nitrogen and oxygen atoms in total. The third kappa shape index (κ3) is 2.84. The molecular weight excluding hydrogens is 248 g/mol. The maximum atomic E-state index is 6.24. The molecule has 0 aliphatic carbocycles. The van der Waals surface area contributed by atoms with Crippen molar-refractivity contribution in [1.29, 1.82) is 0 Å². The molecule has 0 radical (unpaired) electrons. The second kappa shape index (κ2) is 6.07. The summed E-state index contributed by atoms with van der Waals surface area (Å²) in [7, 11) is 0. The average Bonchev–Trinajstić information content (AvgIpc) is 2.67. The zero-order valence-electron chi connectivity index (χ0n) is 11.5. The average molecular weight is 268 g/mol. The number of hydrogen-bond donors (Lipinski definition) is 1. The first-order valence-electron chi connectivity index (χ1n) is 7.09. The summed E-state index contributed by atoms with van der Waals surface area (Å²) in [5.74, 6) is 0.987. The molecule has 1 aliphatic rings. The Labute approximate surface area is 120 Å². The predicted molar refractivity (Wildman–Crippen MR) is 80.6 cm³/mol. The minimum atomic E-state index is 0.0615. The molecule has 20 heavy (non-hydrogen) atoms. The van der Waals surface area contributed by atoms with Crippen LogP contribution in [-0.4, -0.2) is 24.5 Å². The van der Waals surface area contributed by atoms with Gasteiger partial charge in [0.1, 0.15) is 11.9 Å². The van der Waals surface area contributed by atoms with E-state index < -0.39 is 0 Å². The number of fused-ring (bicyclic) bond motifs is 1. The van der Waals surface area contributed by atoms with Crippen LogP contribution in [0.1, 0.15) is 17.2 Å². The van der Waals surface area contributed by atoms with Crippen molar-refractivity contribution in [3.63, 3.8) is 0 Å². The van der Waals surface area contributed by atoms with Crippen LogP contribution in [0.4, 0.5) is 0 Å². The quantitative estimate of drug-likeness (QED) is 0.930. The van der Waals surface area contributed by atoms with Gasteiger partial charge in [0, 0.05) is 31.7 Å². The first-order chi connectivity index (χ1) is 9.86. The van der Waals surface area contributed by atoms with Gasteiger partial charge in [-0.05, 0) is 11.6 Å². The molecule has 0 bridgehead atoms. The minimum Gasteiger partial charge on any atom is -0.484 e. The predicted octanol–water partition coefficient (Wildman–Crippen LogP) is 2.58. The van der Waals surface area contributed by atoms with Crippen molar-refractivity contribution in [2.45, 2.75) is 12.6 Å². The monoisotopic (exact) mass is 268 g/mol. The number of ether oxygens (including phenoxy) is 1. The maximum Gasteiger partial charge on any atom is 0.136 e. The van der Waals surface area contributed by atoms with Crippen LogP contribution in [0, 0.1) is 0 Å². The van der Waals surface area contributed by atoms with E-state index in [1.807, 2.05) is 12.1 Å². The number of rotatable bonds is 3. The summed E-state index contributed by atoms with van der Waals surface area (Å²) in [6, 6.07) is 18.7. The zero-order chi connectivity index (χ0) is 13.8. The largest absolute Gasteiger partial charge is 0.484 e. The normalized spacial score (nSPS) is 18.9. The Morgan fingerprint density at radius 3 is 2.60 bits per heavy atom. The topological polar surface area (TPSA) is 38.5 Å². The Kier molecular flexibility index (Phi) is 4.00. The van der Waals surface area contributed by atoms with Crippen LogP contribution in [0.5, 0.6) is 5.75 Å². The Morgan fingerprint density at radius 1 is 1.05 bits per heavy atom. The van der Waals surface area contributed by atoms with Crippen molar-refractivity contribution in [3.8, 4) is 5.75 Å². The number of nitrogens with two attached hydrogens (primary N) is 1. The van der Waals surface area contributed by atoms with E-state index in [0.29, 0.717) is 6.54 Å². The highest BCUT2D eigenvalue weighted by Crippen LogP contribution is 2.30. The molecule has 2 aromatic carbocycles. The summed E-state index contributed by atoms with van der Waals surface area (Å²) >= 11 is 0. The van der Waals surface area contributed by atoms with Gasteiger partial charge < -0.3 is 10.5 Å². The fraction of sp³-hybridized carbons (Fsp3) is 0.294. The van der Waals surface area contributed by atoms with E-state index in [4.69, 9.17) is 10.5 Å². The molecule has 0 saturated heterocycles. The molecule has 0 fully saturated rings. The summed E-state index contributed by atoms with van der Waals surface area (Å²) in [6.45, 7) is 3.33. The second-order valence-electron chi connectivity index (χ2n) is 5.15. The van der Waals surface area contributed by atoms with Crippen LogP contribution in [0.2, 0.25) is 0 Å². The molecular formula is C17H20N2O. The molecule has 2 aromatic rings. The molecule has 0 saturated carbocycles. The minimum absolute atomic E-state index is 0.0615. The highest BCUT2D eigenvalue weighted by atomic mass is 16.5. The molecule has 1 aliphatic heterocycles. The van der Waals surface area contributed by atoms with E-state index in [0.717, 1.165) is 25.4 Å². The molecule has 1 unspecified atom stereocenters. The summed E-state index contributed by atoms with van der Waals surface area (Å²) in [4.78, 5) is 2.36. The zero-order valence-corrected chi connectivity index (χ0v) is 11.5. The van der Waals surface area contributed by atoms with Crippen molar-refractivity contribution in [2.24, 2.45) is 5.73 Å². The Balaban J connectivity index is 1.92. The van der Waals surface area contributed by atoms with E-state index in [-0.39, 0.29) is 6.10 Å². The molecule has 1 atom stereocenters. The first kappa shape index (κ1) is 13.2. The van der Waals surface area contributed by atoms with E-state index >= 15 is 0 Å². The summed E-state index contributed by atoms with van der Waals surface area (Å²) < 4.78 is 6.24. The van der Waals surface area contributed by atoms with Gasteiger partial charge in [0.2, 0.25) is 0 Å². The molecule has 104 valence electrons.